The summed E-state index contributed by atoms with van der Waals surface area (Å²) in [5.41, 5.74) is 2.47. The van der Waals surface area contributed by atoms with E-state index in [1.54, 1.807) is 0 Å². The average Bonchev–Trinajstić information content (AvgIpc) is 2.84. The highest BCUT2D eigenvalue weighted by Gasteiger charge is 2.04. The summed E-state index contributed by atoms with van der Waals surface area (Å²) < 4.78 is 11.7. The fourth-order valence-corrected chi connectivity index (χ4v) is 3.40. The van der Waals surface area contributed by atoms with Crippen molar-refractivity contribution in [3.05, 3.63) is 59.7 Å². The summed E-state index contributed by atoms with van der Waals surface area (Å²) in [4.78, 5) is 4.66. The zero-order valence-electron chi connectivity index (χ0n) is 20.0. The van der Waals surface area contributed by atoms with E-state index < -0.39 is 0 Å². The molecule has 0 aliphatic carbocycles. The van der Waals surface area contributed by atoms with Gasteiger partial charge >= 0.3 is 0 Å². The van der Waals surface area contributed by atoms with E-state index in [9.17, 15) is 5.26 Å². The molecule has 0 fully saturated rings. The molecule has 0 atom stereocenters. The molecular weight excluding hydrogens is 398 g/mol. The van der Waals surface area contributed by atoms with Crippen molar-refractivity contribution in [1.82, 2.24) is 9.80 Å². The molecule has 0 saturated heterocycles. The van der Waals surface area contributed by atoms with E-state index >= 15 is 0 Å². The third kappa shape index (κ3) is 8.37. The van der Waals surface area contributed by atoms with Gasteiger partial charge < -0.3 is 19.3 Å². The first kappa shape index (κ1) is 25.5. The van der Waals surface area contributed by atoms with Crippen molar-refractivity contribution in [2.24, 2.45) is 0 Å². The molecule has 2 aromatic rings. The number of allylic oxidation sites excluding steroid dienone is 1. The molecule has 0 bridgehead atoms. The summed E-state index contributed by atoms with van der Waals surface area (Å²) in [5, 5.41) is 9.65. The van der Waals surface area contributed by atoms with Gasteiger partial charge in [0, 0.05) is 13.1 Å². The molecule has 5 nitrogen and oxygen atoms in total. The zero-order valence-corrected chi connectivity index (χ0v) is 20.0. The number of hydrogen-bond donors (Lipinski definition) is 0. The molecule has 0 N–H and O–H groups in total. The van der Waals surface area contributed by atoms with Gasteiger partial charge in [0.1, 0.15) is 24.7 Å². The summed E-state index contributed by atoms with van der Waals surface area (Å²) in [7, 11) is 0. The van der Waals surface area contributed by atoms with Gasteiger partial charge in [-0.1, -0.05) is 39.8 Å². The molecule has 0 aromatic heterocycles. The summed E-state index contributed by atoms with van der Waals surface area (Å²) in [5.74, 6) is 1.67. The average molecular weight is 436 g/mol. The fourth-order valence-electron chi connectivity index (χ4n) is 3.40. The Morgan fingerprint density at radius 2 is 1.19 bits per heavy atom. The number of nitriles is 1. The number of likely N-dealkylation sites (N-methyl/N-ethyl adjacent to an activating group) is 2. The topological polar surface area (TPSA) is 48.7 Å². The van der Waals surface area contributed by atoms with Crippen LogP contribution in [0.5, 0.6) is 11.5 Å². The lowest BCUT2D eigenvalue weighted by atomic mass is 10.0. The number of nitrogens with zero attached hydrogens (tertiary/aromatic N) is 3. The Kier molecular flexibility index (Phi) is 11.4. The minimum Gasteiger partial charge on any atom is -0.492 e. The maximum Gasteiger partial charge on any atom is 0.119 e. The molecule has 0 aliphatic heterocycles. The van der Waals surface area contributed by atoms with Crippen molar-refractivity contribution in [2.75, 3.05) is 52.5 Å². The van der Waals surface area contributed by atoms with Crippen LogP contribution in [-0.4, -0.2) is 62.3 Å². The van der Waals surface area contributed by atoms with Crippen molar-refractivity contribution in [3.63, 3.8) is 0 Å². The lowest BCUT2D eigenvalue weighted by Gasteiger charge is -2.18. The first-order valence-corrected chi connectivity index (χ1v) is 11.7. The van der Waals surface area contributed by atoms with Gasteiger partial charge in [-0.15, -0.1) is 0 Å². The summed E-state index contributed by atoms with van der Waals surface area (Å²) >= 11 is 0. The van der Waals surface area contributed by atoms with Crippen LogP contribution in [-0.2, 0) is 0 Å². The molecule has 0 aliphatic rings. The van der Waals surface area contributed by atoms with Gasteiger partial charge in [0.2, 0.25) is 0 Å². The second kappa shape index (κ2) is 14.3. The first-order chi connectivity index (χ1) is 15.6. The Morgan fingerprint density at radius 1 is 0.750 bits per heavy atom. The Morgan fingerprint density at radius 3 is 1.59 bits per heavy atom. The van der Waals surface area contributed by atoms with Gasteiger partial charge in [-0.05, 0) is 79.8 Å². The molecule has 0 spiro atoms. The highest BCUT2D eigenvalue weighted by Crippen LogP contribution is 2.22. The van der Waals surface area contributed by atoms with E-state index in [2.05, 4.69) is 43.6 Å². The summed E-state index contributed by atoms with van der Waals surface area (Å²) in [6.07, 6.45) is 1.90. The molecule has 172 valence electrons. The molecule has 2 rings (SSSR count). The Bertz CT molecular complexity index is 846. The molecule has 2 aromatic carbocycles. The van der Waals surface area contributed by atoms with Crippen LogP contribution in [0.2, 0.25) is 0 Å². The van der Waals surface area contributed by atoms with Crippen molar-refractivity contribution >= 4 is 11.6 Å². The fraction of sp³-hybridized carbons (Fsp3) is 0.444. The van der Waals surface area contributed by atoms with Gasteiger partial charge in [0.15, 0.2) is 0 Å². The smallest absolute Gasteiger partial charge is 0.119 e. The highest BCUT2D eigenvalue weighted by atomic mass is 16.5. The Hall–Kier alpha value is -2.81. The normalized spacial score (nSPS) is 11.6. The monoisotopic (exact) mass is 435 g/mol. The lowest BCUT2D eigenvalue weighted by molar-refractivity contribution is 0.223. The third-order valence-corrected chi connectivity index (χ3v) is 5.62. The van der Waals surface area contributed by atoms with Crippen LogP contribution in [0.1, 0.15) is 38.8 Å². The quantitative estimate of drug-likeness (QED) is 0.302. The summed E-state index contributed by atoms with van der Waals surface area (Å²) in [6.45, 7) is 15.9. The van der Waals surface area contributed by atoms with Crippen LogP contribution in [0.4, 0.5) is 0 Å². The van der Waals surface area contributed by atoms with Gasteiger partial charge in [-0.3, -0.25) is 0 Å². The van der Waals surface area contributed by atoms with Crippen LogP contribution in [0.25, 0.3) is 11.6 Å². The van der Waals surface area contributed by atoms with E-state index in [0.29, 0.717) is 18.8 Å². The van der Waals surface area contributed by atoms with E-state index in [1.165, 1.54) is 0 Å². The molecule has 0 saturated carbocycles. The Balaban J connectivity index is 1.93. The lowest BCUT2D eigenvalue weighted by Crippen LogP contribution is -2.27. The predicted octanol–water partition coefficient (Wildman–Crippen LogP) is 5.19. The number of benzene rings is 2. The molecule has 0 amide bonds. The minimum atomic E-state index is 0.620. The summed E-state index contributed by atoms with van der Waals surface area (Å²) in [6, 6.07) is 17.9. The van der Waals surface area contributed by atoms with Crippen molar-refractivity contribution in [1.29, 1.82) is 5.26 Å². The van der Waals surface area contributed by atoms with E-state index in [1.807, 2.05) is 54.6 Å². The van der Waals surface area contributed by atoms with Crippen LogP contribution < -0.4 is 9.47 Å². The van der Waals surface area contributed by atoms with Gasteiger partial charge in [0.25, 0.3) is 0 Å². The molecule has 5 heteroatoms. The first-order valence-electron chi connectivity index (χ1n) is 11.7. The zero-order chi connectivity index (χ0) is 23.2. The second-order valence-corrected chi connectivity index (χ2v) is 7.51. The molecule has 32 heavy (non-hydrogen) atoms. The van der Waals surface area contributed by atoms with E-state index in [4.69, 9.17) is 9.47 Å². The van der Waals surface area contributed by atoms with Crippen LogP contribution in [0.3, 0.4) is 0 Å². The molecular formula is C27H37N3O2. The van der Waals surface area contributed by atoms with Crippen LogP contribution in [0.15, 0.2) is 48.5 Å². The van der Waals surface area contributed by atoms with E-state index in [-0.39, 0.29) is 0 Å². The third-order valence-electron chi connectivity index (χ3n) is 5.62. The van der Waals surface area contributed by atoms with Crippen molar-refractivity contribution in [3.8, 4) is 17.6 Å². The number of rotatable bonds is 14. The van der Waals surface area contributed by atoms with Gasteiger partial charge in [-0.25, -0.2) is 0 Å². The minimum absolute atomic E-state index is 0.620. The number of ether oxygens (including phenoxy) is 2. The standard InChI is InChI=1S/C27H37N3O2/c1-5-29(6-2)17-19-31-26-13-9-23(10-14-26)21-25(22-28)24-11-15-27(16-12-24)32-20-18-30(7-3)8-4/h9-16,21H,5-8,17-20H2,1-4H3/b25-21-. The maximum absolute atomic E-state index is 9.65. The second-order valence-electron chi connectivity index (χ2n) is 7.51. The maximum atomic E-state index is 9.65. The highest BCUT2D eigenvalue weighted by molar-refractivity contribution is 5.89. The van der Waals surface area contributed by atoms with E-state index in [0.717, 1.165) is 61.9 Å². The molecule has 0 radical (unpaired) electrons. The van der Waals surface area contributed by atoms with Gasteiger partial charge in [-0.2, -0.15) is 5.26 Å². The molecule has 0 unspecified atom stereocenters. The largest absolute Gasteiger partial charge is 0.492 e. The number of hydrogen-bond acceptors (Lipinski definition) is 5. The van der Waals surface area contributed by atoms with Crippen molar-refractivity contribution < 1.29 is 9.47 Å². The Labute approximate surface area is 193 Å². The van der Waals surface area contributed by atoms with Crippen molar-refractivity contribution in [2.45, 2.75) is 27.7 Å². The molecule has 0 heterocycles. The van der Waals surface area contributed by atoms with Crippen LogP contribution >= 0.6 is 0 Å². The SMILES string of the molecule is CCN(CC)CCOc1ccc(/C=C(/C#N)c2ccc(OCCN(CC)CC)cc2)cc1. The van der Waals surface area contributed by atoms with Gasteiger partial charge in [0.05, 0.1) is 11.6 Å². The van der Waals surface area contributed by atoms with Crippen LogP contribution in [0, 0.1) is 11.3 Å². The predicted molar refractivity (Wildman–Crippen MR) is 133 cm³/mol.